The number of amidine groups is 1. The Morgan fingerprint density at radius 2 is 1.83 bits per heavy atom. The van der Waals surface area contributed by atoms with Crippen molar-refractivity contribution >= 4 is 28.5 Å². The normalized spacial score (nSPS) is 18.2. The van der Waals surface area contributed by atoms with E-state index in [2.05, 4.69) is 57.3 Å². The van der Waals surface area contributed by atoms with Gasteiger partial charge >= 0.3 is 0 Å². The highest BCUT2D eigenvalue weighted by Crippen LogP contribution is 2.32. The molecule has 6 heteroatoms. The summed E-state index contributed by atoms with van der Waals surface area (Å²) in [6, 6.07) is 16.3. The van der Waals surface area contributed by atoms with Gasteiger partial charge in [0.1, 0.15) is 5.70 Å². The summed E-state index contributed by atoms with van der Waals surface area (Å²) in [5.74, 6) is 0.806. The maximum atomic E-state index is 13.1. The molecule has 0 spiro atoms. The summed E-state index contributed by atoms with van der Waals surface area (Å²) in [7, 11) is 0. The second-order valence-corrected chi connectivity index (χ2v) is 9.73. The van der Waals surface area contributed by atoms with Crippen LogP contribution in [-0.2, 0) is 10.2 Å². The van der Waals surface area contributed by atoms with Crippen LogP contribution in [0.3, 0.4) is 0 Å². The molecule has 2 heterocycles. The number of nitrogens with one attached hydrogen (secondary N) is 1. The molecule has 0 saturated carbocycles. The van der Waals surface area contributed by atoms with Gasteiger partial charge in [-0.3, -0.25) is 15.1 Å². The number of hydrazone groups is 1. The molecule has 2 aliphatic rings. The summed E-state index contributed by atoms with van der Waals surface area (Å²) >= 11 is 1.59. The van der Waals surface area contributed by atoms with Gasteiger partial charge in [-0.25, -0.2) is 5.01 Å². The lowest BCUT2D eigenvalue weighted by Gasteiger charge is -2.34. The summed E-state index contributed by atoms with van der Waals surface area (Å²) in [4.78, 5) is 18.0. The second kappa shape index (κ2) is 8.26. The van der Waals surface area contributed by atoms with Crippen molar-refractivity contribution in [3.63, 3.8) is 0 Å². The van der Waals surface area contributed by atoms with Crippen LogP contribution in [0.1, 0.15) is 57.8 Å². The largest absolute Gasteiger partial charge is 0.298 e. The predicted octanol–water partition coefficient (Wildman–Crippen LogP) is 3.66. The summed E-state index contributed by atoms with van der Waals surface area (Å²) in [5, 5.41) is 11.8. The molecule has 0 unspecified atom stereocenters. The molecule has 0 aromatic heterocycles. The van der Waals surface area contributed by atoms with Gasteiger partial charge in [-0.15, -0.1) is 5.10 Å². The zero-order valence-corrected chi connectivity index (χ0v) is 18.8. The Hall–Kier alpha value is -2.60. The SMILES string of the molecule is CCCCSC1=NN2C(=c3ccccc3=N[C@H]2c2ccc(C(C)(C)C)cc2)C(=O)N1. The van der Waals surface area contributed by atoms with Crippen LogP contribution in [0.25, 0.3) is 5.70 Å². The molecule has 156 valence electrons. The van der Waals surface area contributed by atoms with Gasteiger partial charge in [-0.1, -0.05) is 88.3 Å². The number of carbonyl (C=O) groups excluding carboxylic acids is 1. The van der Waals surface area contributed by atoms with Crippen LogP contribution < -0.4 is 15.9 Å². The van der Waals surface area contributed by atoms with Crippen LogP contribution in [0.15, 0.2) is 58.6 Å². The molecule has 0 bridgehead atoms. The highest BCUT2D eigenvalue weighted by molar-refractivity contribution is 8.13. The lowest BCUT2D eigenvalue weighted by molar-refractivity contribution is -0.116. The van der Waals surface area contributed by atoms with Crippen molar-refractivity contribution in [2.75, 3.05) is 5.75 Å². The molecule has 2 aromatic rings. The smallest absolute Gasteiger partial charge is 0.276 e. The van der Waals surface area contributed by atoms with Crippen molar-refractivity contribution < 1.29 is 4.79 Å². The fraction of sp³-hybridized carbons (Fsp3) is 0.375. The van der Waals surface area contributed by atoms with E-state index in [9.17, 15) is 4.79 Å². The van der Waals surface area contributed by atoms with E-state index in [0.29, 0.717) is 10.9 Å². The molecular formula is C24H28N4OS. The molecule has 2 aromatic carbocycles. The van der Waals surface area contributed by atoms with Crippen LogP contribution in [0, 0.1) is 0 Å². The van der Waals surface area contributed by atoms with Gasteiger partial charge in [0.25, 0.3) is 5.91 Å². The number of para-hydroxylation sites is 1. The number of nitrogens with zero attached hydrogens (tertiary/aromatic N) is 3. The first-order valence-electron chi connectivity index (χ1n) is 10.5. The van der Waals surface area contributed by atoms with E-state index < -0.39 is 0 Å². The Kier molecular flexibility index (Phi) is 5.69. The van der Waals surface area contributed by atoms with Crippen LogP contribution in [0.5, 0.6) is 0 Å². The van der Waals surface area contributed by atoms with Crippen molar-refractivity contribution in [3.8, 4) is 0 Å². The molecule has 2 aliphatic heterocycles. The Morgan fingerprint density at radius 1 is 1.10 bits per heavy atom. The zero-order valence-electron chi connectivity index (χ0n) is 18.0. The van der Waals surface area contributed by atoms with Crippen LogP contribution in [-0.4, -0.2) is 21.8 Å². The van der Waals surface area contributed by atoms with Gasteiger partial charge < -0.3 is 0 Å². The van der Waals surface area contributed by atoms with Crippen LogP contribution >= 0.6 is 11.8 Å². The first-order valence-corrected chi connectivity index (χ1v) is 11.5. The fourth-order valence-electron chi connectivity index (χ4n) is 3.58. The number of hydrogen-bond donors (Lipinski definition) is 1. The van der Waals surface area contributed by atoms with Gasteiger partial charge in [0.05, 0.1) is 5.36 Å². The monoisotopic (exact) mass is 420 g/mol. The molecular weight excluding hydrogens is 392 g/mol. The summed E-state index contributed by atoms with van der Waals surface area (Å²) < 4.78 is 0. The lowest BCUT2D eigenvalue weighted by Crippen LogP contribution is -2.50. The topological polar surface area (TPSA) is 57.1 Å². The van der Waals surface area contributed by atoms with Crippen molar-refractivity contribution in [2.45, 2.75) is 52.1 Å². The molecule has 0 aliphatic carbocycles. The number of amides is 1. The van der Waals surface area contributed by atoms with E-state index in [1.54, 1.807) is 16.8 Å². The van der Waals surface area contributed by atoms with Crippen molar-refractivity contribution in [3.05, 3.63) is 70.2 Å². The van der Waals surface area contributed by atoms with Crippen molar-refractivity contribution in [1.29, 1.82) is 0 Å². The van der Waals surface area contributed by atoms with Gasteiger partial charge in [-0.05, 0) is 29.0 Å². The number of benzene rings is 2. The number of fused-ring (bicyclic) bond motifs is 2. The van der Waals surface area contributed by atoms with Gasteiger partial charge in [0.15, 0.2) is 11.3 Å². The van der Waals surface area contributed by atoms with Crippen LogP contribution in [0.2, 0.25) is 0 Å². The minimum atomic E-state index is -0.364. The zero-order chi connectivity index (χ0) is 21.3. The summed E-state index contributed by atoms with van der Waals surface area (Å²) in [6.45, 7) is 8.77. The number of hydrogen-bond acceptors (Lipinski definition) is 5. The van der Waals surface area contributed by atoms with Gasteiger partial charge in [0, 0.05) is 11.0 Å². The molecule has 0 fully saturated rings. The fourth-order valence-corrected chi connectivity index (χ4v) is 4.51. The Morgan fingerprint density at radius 3 is 2.53 bits per heavy atom. The van der Waals surface area contributed by atoms with E-state index in [0.717, 1.165) is 34.7 Å². The number of rotatable bonds is 4. The molecule has 4 rings (SSSR count). The number of carbonyl (C=O) groups is 1. The van der Waals surface area contributed by atoms with E-state index in [4.69, 9.17) is 10.1 Å². The quantitative estimate of drug-likeness (QED) is 0.768. The maximum Gasteiger partial charge on any atom is 0.276 e. The average Bonchev–Trinajstić information content (AvgIpc) is 2.72. The minimum absolute atomic E-state index is 0.0817. The number of thioether (sulfide) groups is 1. The van der Waals surface area contributed by atoms with Gasteiger partial charge in [0.2, 0.25) is 0 Å². The van der Waals surface area contributed by atoms with E-state index in [1.807, 2.05) is 24.3 Å². The molecule has 30 heavy (non-hydrogen) atoms. The highest BCUT2D eigenvalue weighted by atomic mass is 32.2. The highest BCUT2D eigenvalue weighted by Gasteiger charge is 2.34. The first-order chi connectivity index (χ1) is 14.4. The summed E-state index contributed by atoms with van der Waals surface area (Å²) in [6.07, 6.45) is 1.83. The van der Waals surface area contributed by atoms with E-state index in [1.165, 1.54) is 5.56 Å². The lowest BCUT2D eigenvalue weighted by atomic mass is 9.86. The molecule has 0 radical (unpaired) electrons. The summed E-state index contributed by atoms with van der Waals surface area (Å²) in [5.41, 5.74) is 2.93. The molecule has 5 nitrogen and oxygen atoms in total. The minimum Gasteiger partial charge on any atom is -0.298 e. The van der Waals surface area contributed by atoms with E-state index in [-0.39, 0.29) is 17.5 Å². The van der Waals surface area contributed by atoms with Crippen molar-refractivity contribution in [1.82, 2.24) is 10.3 Å². The molecule has 1 amide bonds. The van der Waals surface area contributed by atoms with E-state index >= 15 is 0 Å². The third-order valence-corrected chi connectivity index (χ3v) is 6.28. The van der Waals surface area contributed by atoms with Gasteiger partial charge in [-0.2, -0.15) is 0 Å². The average molecular weight is 421 g/mol. The second-order valence-electron chi connectivity index (χ2n) is 8.65. The third-order valence-electron chi connectivity index (χ3n) is 5.33. The van der Waals surface area contributed by atoms with Crippen LogP contribution in [0.4, 0.5) is 0 Å². The first kappa shape index (κ1) is 20.7. The Labute approximate surface area is 182 Å². The van der Waals surface area contributed by atoms with Crippen molar-refractivity contribution in [2.24, 2.45) is 10.1 Å². The molecule has 1 N–H and O–H groups in total. The number of unbranched alkanes of at least 4 members (excludes halogenated alkanes) is 1. The molecule has 0 saturated heterocycles. The Bertz CT molecular complexity index is 1100. The standard InChI is InChI=1S/C24H28N4OS/c1-5-6-15-30-23-26-22(29)20-18-9-7-8-10-19(18)25-21(28(20)27-23)16-11-13-17(14-12-16)24(2,3)4/h7-14,21H,5-6,15H2,1-4H3,(H,26,27,29)/t21-/m1/s1. The molecule has 1 atom stereocenters. The maximum absolute atomic E-state index is 13.1. The predicted molar refractivity (Wildman–Crippen MR) is 123 cm³/mol. The third kappa shape index (κ3) is 4.01. The Balaban J connectivity index is 1.79.